The average molecular weight is 244 g/mol. The van der Waals surface area contributed by atoms with E-state index < -0.39 is 0 Å². The third kappa shape index (κ3) is 1.19. The first-order chi connectivity index (χ1) is 5.66. The number of fused-ring (bicyclic) bond motifs is 1. The predicted octanol–water partition coefficient (Wildman–Crippen LogP) is 1.04. The smallest absolute Gasteiger partial charge is 0.267 e. The third-order valence-corrected chi connectivity index (χ3v) is 2.30. The lowest BCUT2D eigenvalue weighted by atomic mass is 10.3. The highest BCUT2D eigenvalue weighted by Crippen LogP contribution is 2.10. The Kier molecular flexibility index (Phi) is 1.77. The second-order valence-corrected chi connectivity index (χ2v) is 3.74. The lowest BCUT2D eigenvalue weighted by molar-refractivity contribution is -0.112. The van der Waals surface area contributed by atoms with Gasteiger partial charge in [-0.05, 0) is 12.1 Å². The van der Waals surface area contributed by atoms with E-state index in [2.05, 4.69) is 20.9 Å². The summed E-state index contributed by atoms with van der Waals surface area (Å²) in [6.07, 6.45) is 1.46. The molecule has 1 aromatic rings. The van der Waals surface area contributed by atoms with Gasteiger partial charge in [0.25, 0.3) is 5.91 Å². The van der Waals surface area contributed by atoms with Crippen molar-refractivity contribution in [3.05, 3.63) is 32.2 Å². The Morgan fingerprint density at radius 3 is 2.92 bits per heavy atom. The molecule has 0 spiro atoms. The Balaban J connectivity index is 2.95. The molecule has 0 aromatic heterocycles. The molecule has 2 nitrogen and oxygen atoms in total. The molecule has 12 heavy (non-hydrogen) atoms. The van der Waals surface area contributed by atoms with Crippen molar-refractivity contribution in [1.29, 1.82) is 0 Å². The molecule has 0 fully saturated rings. The number of amides is 1. The van der Waals surface area contributed by atoms with Crippen LogP contribution < -0.4 is 10.6 Å². The summed E-state index contributed by atoms with van der Waals surface area (Å²) < 4.78 is 0.854. The van der Waals surface area contributed by atoms with Crippen molar-refractivity contribution in [2.24, 2.45) is 4.99 Å². The molecule has 1 aliphatic rings. The summed E-state index contributed by atoms with van der Waals surface area (Å²) in [5.74, 6) is -0.245. The SMILES string of the molecule is O=C1C=c2cc(Br)cc(Cl)c2=N1. The van der Waals surface area contributed by atoms with E-state index in [9.17, 15) is 4.79 Å². The zero-order valence-corrected chi connectivity index (χ0v) is 8.19. The number of hydrogen-bond donors (Lipinski definition) is 0. The molecule has 0 N–H and O–H groups in total. The van der Waals surface area contributed by atoms with E-state index in [0.29, 0.717) is 10.4 Å². The Labute approximate surface area is 81.7 Å². The fraction of sp³-hybridized carbons (Fsp3) is 0. The highest BCUT2D eigenvalue weighted by Gasteiger charge is 2.06. The van der Waals surface area contributed by atoms with Crippen molar-refractivity contribution in [3.63, 3.8) is 0 Å². The number of benzene rings is 1. The van der Waals surface area contributed by atoms with Crippen LogP contribution in [-0.2, 0) is 4.79 Å². The Hall–Kier alpha value is -0.670. The average Bonchev–Trinajstić information content (AvgIpc) is 2.29. The second kappa shape index (κ2) is 2.68. The number of carbonyl (C=O) groups is 1. The minimum atomic E-state index is -0.245. The Morgan fingerprint density at radius 1 is 1.42 bits per heavy atom. The molecule has 60 valence electrons. The minimum Gasteiger partial charge on any atom is -0.267 e. The Morgan fingerprint density at radius 2 is 2.17 bits per heavy atom. The lowest BCUT2D eigenvalue weighted by Gasteiger charge is -1.90. The van der Waals surface area contributed by atoms with Gasteiger partial charge < -0.3 is 0 Å². The molecule has 0 saturated carbocycles. The molecule has 0 bridgehead atoms. The summed E-state index contributed by atoms with van der Waals surface area (Å²) in [4.78, 5) is 14.6. The summed E-state index contributed by atoms with van der Waals surface area (Å²) in [6.45, 7) is 0. The summed E-state index contributed by atoms with van der Waals surface area (Å²) in [5, 5.41) is 1.85. The molecule has 1 aromatic carbocycles. The van der Waals surface area contributed by atoms with E-state index in [-0.39, 0.29) is 5.91 Å². The molecule has 1 heterocycles. The number of nitrogens with zero attached hydrogens (tertiary/aromatic N) is 1. The van der Waals surface area contributed by atoms with Crippen LogP contribution in [0.25, 0.3) is 6.08 Å². The van der Waals surface area contributed by atoms with Gasteiger partial charge in [-0.2, -0.15) is 0 Å². The van der Waals surface area contributed by atoms with E-state index in [0.717, 1.165) is 9.69 Å². The molecule has 2 rings (SSSR count). The van der Waals surface area contributed by atoms with Gasteiger partial charge in [0.15, 0.2) is 0 Å². The zero-order valence-electron chi connectivity index (χ0n) is 5.84. The van der Waals surface area contributed by atoms with Crippen molar-refractivity contribution < 1.29 is 4.79 Å². The van der Waals surface area contributed by atoms with Gasteiger partial charge >= 0.3 is 0 Å². The number of rotatable bonds is 0. The van der Waals surface area contributed by atoms with Crippen LogP contribution in [0.3, 0.4) is 0 Å². The van der Waals surface area contributed by atoms with Crippen LogP contribution in [0.5, 0.6) is 0 Å². The maximum atomic E-state index is 10.9. The van der Waals surface area contributed by atoms with Gasteiger partial charge in [0.2, 0.25) is 0 Å². The quantitative estimate of drug-likeness (QED) is 0.671. The standard InChI is InChI=1S/C8H3BrClNO/c9-5-1-4-2-7(12)11-8(4)6(10)3-5/h1-3H. The molecule has 0 aliphatic carbocycles. The van der Waals surface area contributed by atoms with Crippen molar-refractivity contribution in [2.75, 3.05) is 0 Å². The van der Waals surface area contributed by atoms with Gasteiger partial charge in [-0.25, -0.2) is 4.99 Å². The lowest BCUT2D eigenvalue weighted by Crippen LogP contribution is -2.22. The van der Waals surface area contributed by atoms with Gasteiger partial charge in [-0.3, -0.25) is 4.79 Å². The molecule has 0 radical (unpaired) electrons. The maximum Gasteiger partial charge on any atom is 0.270 e. The number of halogens is 2. The number of carbonyl (C=O) groups excluding carboxylic acids is 1. The van der Waals surface area contributed by atoms with Crippen LogP contribution in [0.15, 0.2) is 21.6 Å². The molecular weight excluding hydrogens is 241 g/mol. The first kappa shape index (κ1) is 7.95. The van der Waals surface area contributed by atoms with E-state index >= 15 is 0 Å². The van der Waals surface area contributed by atoms with E-state index in [1.807, 2.05) is 6.07 Å². The largest absolute Gasteiger partial charge is 0.270 e. The van der Waals surface area contributed by atoms with Gasteiger partial charge in [-0.15, -0.1) is 0 Å². The monoisotopic (exact) mass is 243 g/mol. The van der Waals surface area contributed by atoms with Crippen LogP contribution in [0.2, 0.25) is 5.02 Å². The van der Waals surface area contributed by atoms with Gasteiger partial charge in [-0.1, -0.05) is 27.5 Å². The summed E-state index contributed by atoms with van der Waals surface area (Å²) in [7, 11) is 0. The highest BCUT2D eigenvalue weighted by molar-refractivity contribution is 9.10. The first-order valence-corrected chi connectivity index (χ1v) is 4.43. The van der Waals surface area contributed by atoms with Crippen LogP contribution in [0, 0.1) is 0 Å². The fourth-order valence-corrected chi connectivity index (χ4v) is 1.97. The molecule has 0 unspecified atom stereocenters. The summed E-state index contributed by atoms with van der Waals surface area (Å²) in [6, 6.07) is 3.53. The van der Waals surface area contributed by atoms with Crippen molar-refractivity contribution in [1.82, 2.24) is 0 Å². The van der Waals surface area contributed by atoms with Crippen molar-refractivity contribution in [3.8, 4) is 0 Å². The highest BCUT2D eigenvalue weighted by atomic mass is 79.9. The summed E-state index contributed by atoms with van der Waals surface area (Å²) in [5.41, 5.74) is 0. The van der Waals surface area contributed by atoms with E-state index in [1.54, 1.807) is 6.07 Å². The molecule has 0 saturated heterocycles. The molecule has 1 amide bonds. The fourth-order valence-electron chi connectivity index (χ4n) is 1.09. The molecule has 1 aliphatic heterocycles. The van der Waals surface area contributed by atoms with Crippen molar-refractivity contribution in [2.45, 2.75) is 0 Å². The van der Waals surface area contributed by atoms with Crippen LogP contribution in [-0.4, -0.2) is 5.91 Å². The molecule has 4 heteroatoms. The topological polar surface area (TPSA) is 29.4 Å². The Bertz CT molecular complexity index is 481. The van der Waals surface area contributed by atoms with Gasteiger partial charge in [0, 0.05) is 15.8 Å². The van der Waals surface area contributed by atoms with Gasteiger partial charge in [0.05, 0.1) is 10.4 Å². The maximum absolute atomic E-state index is 10.9. The molecule has 0 atom stereocenters. The summed E-state index contributed by atoms with van der Waals surface area (Å²) >= 11 is 9.12. The third-order valence-electron chi connectivity index (χ3n) is 1.56. The van der Waals surface area contributed by atoms with Gasteiger partial charge in [0.1, 0.15) is 0 Å². The molecular formula is C8H3BrClNO. The first-order valence-electron chi connectivity index (χ1n) is 3.26. The predicted molar refractivity (Wildman–Crippen MR) is 49.4 cm³/mol. The minimum absolute atomic E-state index is 0.245. The van der Waals surface area contributed by atoms with E-state index in [4.69, 9.17) is 11.6 Å². The van der Waals surface area contributed by atoms with E-state index in [1.165, 1.54) is 6.08 Å². The van der Waals surface area contributed by atoms with Crippen LogP contribution in [0.1, 0.15) is 0 Å². The normalized spacial score (nSPS) is 13.7. The second-order valence-electron chi connectivity index (χ2n) is 2.42. The van der Waals surface area contributed by atoms with Crippen molar-refractivity contribution >= 4 is 39.5 Å². The zero-order chi connectivity index (χ0) is 8.72. The van der Waals surface area contributed by atoms with Crippen LogP contribution >= 0.6 is 27.5 Å². The number of hydrogen-bond acceptors (Lipinski definition) is 1. The van der Waals surface area contributed by atoms with Crippen LogP contribution in [0.4, 0.5) is 0 Å².